The lowest BCUT2D eigenvalue weighted by Crippen LogP contribution is -2.46. The highest BCUT2D eigenvalue weighted by Crippen LogP contribution is 2.36. The number of carbonyl (C=O) groups is 3. The number of nitrogens with one attached hydrogen (secondary N) is 2. The second-order valence-corrected chi connectivity index (χ2v) is 12.1. The average molecular weight is 644 g/mol. The van der Waals surface area contributed by atoms with Crippen LogP contribution >= 0.6 is 11.6 Å². The second kappa shape index (κ2) is 17.3. The van der Waals surface area contributed by atoms with Gasteiger partial charge >= 0.3 is 12.2 Å². The first-order valence-corrected chi connectivity index (χ1v) is 16.3. The first-order valence-electron chi connectivity index (χ1n) is 16.0. The zero-order valence-corrected chi connectivity index (χ0v) is 27.3. The summed E-state index contributed by atoms with van der Waals surface area (Å²) in [5.41, 5.74) is 2.91. The van der Waals surface area contributed by atoms with Crippen LogP contribution in [0, 0.1) is 5.92 Å². The Bertz CT molecular complexity index is 1300. The minimum Gasteiger partial charge on any atom is -0.493 e. The summed E-state index contributed by atoms with van der Waals surface area (Å²) in [5, 5.41) is 6.46. The molecule has 2 aromatic rings. The fraction of sp³-hybridized carbons (Fsp3) is 0.559. The van der Waals surface area contributed by atoms with Crippen molar-refractivity contribution in [2.75, 3.05) is 47.1 Å². The highest BCUT2D eigenvalue weighted by atomic mass is 35.5. The van der Waals surface area contributed by atoms with Gasteiger partial charge in [-0.3, -0.25) is 4.79 Å². The monoisotopic (exact) mass is 643 g/mol. The Hall–Kier alpha value is -3.50. The third kappa shape index (κ3) is 9.99. The Labute approximate surface area is 271 Å². The fourth-order valence-corrected chi connectivity index (χ4v) is 6.40. The molecule has 0 radical (unpaired) electrons. The number of alkyl carbamates (subject to hydrolysis) is 1. The molecule has 3 amide bonds. The van der Waals surface area contributed by atoms with Crippen molar-refractivity contribution < 1.29 is 33.3 Å². The fourth-order valence-electron chi connectivity index (χ4n) is 6.20. The number of ether oxygens (including phenoxy) is 4. The normalized spacial score (nSPS) is 16.0. The molecule has 2 aliphatic rings. The van der Waals surface area contributed by atoms with E-state index in [2.05, 4.69) is 15.4 Å². The number of carbonyl (C=O) groups excluding carboxylic acids is 3. The van der Waals surface area contributed by atoms with Crippen LogP contribution in [0.1, 0.15) is 85.0 Å². The van der Waals surface area contributed by atoms with E-state index in [0.29, 0.717) is 41.8 Å². The van der Waals surface area contributed by atoms with Crippen LogP contribution in [0.2, 0.25) is 5.02 Å². The first-order chi connectivity index (χ1) is 21.8. The lowest BCUT2D eigenvalue weighted by molar-refractivity contribution is 0.0800. The van der Waals surface area contributed by atoms with Crippen molar-refractivity contribution in [2.45, 2.75) is 70.4 Å². The molecule has 1 aliphatic heterocycles. The molecule has 2 N–H and O–H groups in total. The number of hydrogen-bond acceptors (Lipinski definition) is 7. The Kier molecular flexibility index (Phi) is 13.2. The highest BCUT2D eigenvalue weighted by Gasteiger charge is 2.28. The summed E-state index contributed by atoms with van der Waals surface area (Å²) in [5.74, 6) is 0.927. The van der Waals surface area contributed by atoms with Crippen LogP contribution in [0.5, 0.6) is 5.75 Å². The van der Waals surface area contributed by atoms with Crippen molar-refractivity contribution in [3.63, 3.8) is 0 Å². The molecule has 0 spiro atoms. The predicted molar refractivity (Wildman–Crippen MR) is 172 cm³/mol. The maximum absolute atomic E-state index is 14.2. The lowest BCUT2D eigenvalue weighted by atomic mass is 9.84. The van der Waals surface area contributed by atoms with E-state index in [1.807, 2.05) is 30.3 Å². The van der Waals surface area contributed by atoms with Crippen molar-refractivity contribution in [3.8, 4) is 5.75 Å². The van der Waals surface area contributed by atoms with Gasteiger partial charge in [-0.15, -0.1) is 0 Å². The largest absolute Gasteiger partial charge is 0.493 e. The van der Waals surface area contributed by atoms with Crippen molar-refractivity contribution in [3.05, 3.63) is 63.7 Å². The van der Waals surface area contributed by atoms with Crippen molar-refractivity contribution >= 4 is 29.7 Å². The summed E-state index contributed by atoms with van der Waals surface area (Å²) >= 11 is 6.36. The zero-order valence-electron chi connectivity index (χ0n) is 26.6. The SMILES string of the molecule is CCOC(=O)N(C)C[C@H](CC1CCCCC1)NC(=O)c1cc(C(OCCNC(=O)OC)c2cccc(Cl)c2)cc2c1CCCO2. The molecule has 2 atom stereocenters. The Morgan fingerprint density at radius 2 is 1.89 bits per heavy atom. The Morgan fingerprint density at radius 3 is 2.62 bits per heavy atom. The van der Waals surface area contributed by atoms with Crippen LogP contribution in [0.4, 0.5) is 9.59 Å². The standard InChI is InChI=1S/C34H46ClN3O7/c1-4-43-34(41)38(2)22-27(18-23-10-6-5-7-11-23)37-32(39)29-20-25(21-30-28(29)14-9-16-44-30)31(24-12-8-13-26(35)19-24)45-17-15-36-33(40)42-3/h8,12-13,19-21,23,27,31H,4-7,9-11,14-18,22H2,1-3H3,(H,36,40)(H,37,39)/t27-,31?/m0/s1. The van der Waals surface area contributed by atoms with Crippen LogP contribution in [0.3, 0.4) is 0 Å². The van der Waals surface area contributed by atoms with Gasteiger partial charge in [0.15, 0.2) is 0 Å². The van der Waals surface area contributed by atoms with Gasteiger partial charge in [0.1, 0.15) is 11.9 Å². The molecule has 0 bridgehead atoms. The minimum atomic E-state index is -0.585. The van der Waals surface area contributed by atoms with Crippen molar-refractivity contribution in [1.29, 1.82) is 0 Å². The van der Waals surface area contributed by atoms with Gasteiger partial charge in [0.25, 0.3) is 5.91 Å². The summed E-state index contributed by atoms with van der Waals surface area (Å²) in [7, 11) is 3.01. The van der Waals surface area contributed by atoms with E-state index in [-0.39, 0.29) is 31.7 Å². The number of amides is 3. The molecule has 2 aromatic carbocycles. The van der Waals surface area contributed by atoms with E-state index in [0.717, 1.165) is 42.4 Å². The van der Waals surface area contributed by atoms with Gasteiger partial charge in [-0.1, -0.05) is 55.8 Å². The molecule has 0 saturated heterocycles. The molecule has 45 heavy (non-hydrogen) atoms. The topological polar surface area (TPSA) is 115 Å². The second-order valence-electron chi connectivity index (χ2n) is 11.7. The summed E-state index contributed by atoms with van der Waals surface area (Å²) in [6.07, 6.45) is 6.62. The van der Waals surface area contributed by atoms with E-state index >= 15 is 0 Å². The van der Waals surface area contributed by atoms with E-state index in [1.165, 1.54) is 31.3 Å². The predicted octanol–water partition coefficient (Wildman–Crippen LogP) is 6.28. The van der Waals surface area contributed by atoms with Crippen LogP contribution in [0.25, 0.3) is 0 Å². The maximum Gasteiger partial charge on any atom is 0.409 e. The molecule has 1 heterocycles. The average Bonchev–Trinajstić information content (AvgIpc) is 3.04. The minimum absolute atomic E-state index is 0.190. The molecule has 10 nitrogen and oxygen atoms in total. The molecule has 1 fully saturated rings. The van der Waals surface area contributed by atoms with Gasteiger partial charge in [0.2, 0.25) is 0 Å². The molecule has 4 rings (SSSR count). The number of fused-ring (bicyclic) bond motifs is 1. The third-order valence-corrected chi connectivity index (χ3v) is 8.59. The molecule has 246 valence electrons. The van der Waals surface area contributed by atoms with Gasteiger partial charge in [0.05, 0.1) is 26.9 Å². The molecule has 0 aromatic heterocycles. The van der Waals surface area contributed by atoms with Crippen LogP contribution in [-0.4, -0.2) is 76.1 Å². The van der Waals surface area contributed by atoms with E-state index in [9.17, 15) is 14.4 Å². The summed E-state index contributed by atoms with van der Waals surface area (Å²) in [4.78, 5) is 39.8. The number of nitrogens with zero attached hydrogens (tertiary/aromatic N) is 1. The number of halogens is 1. The first kappa shape index (κ1) is 34.4. The van der Waals surface area contributed by atoms with E-state index in [1.54, 1.807) is 20.0 Å². The summed E-state index contributed by atoms with van der Waals surface area (Å²) in [6.45, 7) is 3.39. The number of likely N-dealkylation sites (N-methyl/N-ethyl adjacent to an activating group) is 1. The number of rotatable bonds is 13. The molecule has 1 aliphatic carbocycles. The van der Waals surface area contributed by atoms with Crippen molar-refractivity contribution in [1.82, 2.24) is 15.5 Å². The van der Waals surface area contributed by atoms with Gasteiger partial charge in [-0.25, -0.2) is 9.59 Å². The summed E-state index contributed by atoms with van der Waals surface area (Å²) < 4.78 is 22.3. The highest BCUT2D eigenvalue weighted by molar-refractivity contribution is 6.30. The smallest absolute Gasteiger partial charge is 0.409 e. The molecular weight excluding hydrogens is 598 g/mol. The van der Waals surface area contributed by atoms with Gasteiger partial charge in [-0.2, -0.15) is 0 Å². The maximum atomic E-state index is 14.2. The number of methoxy groups -OCH3 is 1. The third-order valence-electron chi connectivity index (χ3n) is 8.35. The van der Waals surface area contributed by atoms with Crippen LogP contribution in [0.15, 0.2) is 36.4 Å². The van der Waals surface area contributed by atoms with Gasteiger partial charge < -0.3 is 34.5 Å². The molecular formula is C34H46ClN3O7. The molecule has 11 heteroatoms. The Morgan fingerprint density at radius 1 is 1.09 bits per heavy atom. The van der Waals surface area contributed by atoms with Crippen molar-refractivity contribution in [2.24, 2.45) is 5.92 Å². The lowest BCUT2D eigenvalue weighted by Gasteiger charge is -2.30. The quantitative estimate of drug-likeness (QED) is 0.247. The zero-order chi connectivity index (χ0) is 32.2. The van der Waals surface area contributed by atoms with Crippen LogP contribution < -0.4 is 15.4 Å². The number of hydrogen-bond donors (Lipinski definition) is 2. The van der Waals surface area contributed by atoms with E-state index in [4.69, 9.17) is 25.8 Å². The number of benzene rings is 2. The molecule has 1 saturated carbocycles. The summed E-state index contributed by atoms with van der Waals surface area (Å²) in [6, 6.07) is 10.9. The molecule has 1 unspecified atom stereocenters. The van der Waals surface area contributed by atoms with Gasteiger partial charge in [-0.05, 0) is 67.5 Å². The van der Waals surface area contributed by atoms with E-state index < -0.39 is 18.3 Å². The van der Waals surface area contributed by atoms with Gasteiger partial charge in [0, 0.05) is 42.3 Å². The Balaban J connectivity index is 1.63. The van der Waals surface area contributed by atoms with Crippen LogP contribution in [-0.2, 0) is 20.6 Å².